The molecule has 2 heterocycles. The van der Waals surface area contributed by atoms with Gasteiger partial charge in [0.05, 0.1) is 30.0 Å². The molecule has 1 unspecified atom stereocenters. The van der Waals surface area contributed by atoms with Crippen molar-refractivity contribution in [1.82, 2.24) is 9.91 Å². The van der Waals surface area contributed by atoms with E-state index in [9.17, 15) is 14.4 Å². The maximum absolute atomic E-state index is 13.4. The lowest BCUT2D eigenvalue weighted by molar-refractivity contribution is -0.133. The molecule has 33 heavy (non-hydrogen) atoms. The maximum Gasteiger partial charge on any atom is 0.263 e. The standard InChI is InChI=1S/C26H21N3O4/c1-33-19-13-11-18(12-14-19)23-15-22(17-7-3-2-4-8-17)27-29(23)24(30)16-28-25(31)20-9-5-6-10-21(20)26(28)32/h2-14,23H,15-16H2,1H3. The average Bonchev–Trinajstić information content (AvgIpc) is 3.41. The summed E-state index contributed by atoms with van der Waals surface area (Å²) in [5.74, 6) is -0.631. The lowest BCUT2D eigenvalue weighted by atomic mass is 9.98. The van der Waals surface area contributed by atoms with E-state index >= 15 is 0 Å². The maximum atomic E-state index is 13.4. The predicted octanol–water partition coefficient (Wildman–Crippen LogP) is 3.67. The fourth-order valence-electron chi connectivity index (χ4n) is 4.22. The number of carbonyl (C=O) groups is 3. The number of methoxy groups -OCH3 is 1. The van der Waals surface area contributed by atoms with Crippen LogP contribution in [-0.4, -0.2) is 47.0 Å². The highest BCUT2D eigenvalue weighted by Crippen LogP contribution is 2.34. The van der Waals surface area contributed by atoms with Gasteiger partial charge in [-0.05, 0) is 35.4 Å². The van der Waals surface area contributed by atoms with Gasteiger partial charge in [-0.2, -0.15) is 5.10 Å². The second-order valence-electron chi connectivity index (χ2n) is 7.89. The first-order valence-corrected chi connectivity index (χ1v) is 10.6. The molecule has 0 saturated carbocycles. The van der Waals surface area contributed by atoms with Crippen molar-refractivity contribution in [3.05, 3.63) is 101 Å². The molecule has 0 bridgehead atoms. The number of fused-ring (bicyclic) bond motifs is 1. The molecule has 7 nitrogen and oxygen atoms in total. The van der Waals surface area contributed by atoms with Crippen molar-refractivity contribution in [3.63, 3.8) is 0 Å². The van der Waals surface area contributed by atoms with Crippen molar-refractivity contribution in [2.45, 2.75) is 12.5 Å². The number of benzene rings is 3. The normalized spacial score (nSPS) is 17.2. The van der Waals surface area contributed by atoms with Crippen LogP contribution in [0.2, 0.25) is 0 Å². The van der Waals surface area contributed by atoms with Crippen LogP contribution in [0.15, 0.2) is 84.0 Å². The summed E-state index contributed by atoms with van der Waals surface area (Å²) in [6.45, 7) is -0.370. The van der Waals surface area contributed by atoms with E-state index in [1.54, 1.807) is 31.4 Å². The van der Waals surface area contributed by atoms with Crippen molar-refractivity contribution in [2.75, 3.05) is 13.7 Å². The van der Waals surface area contributed by atoms with E-state index in [-0.39, 0.29) is 12.6 Å². The van der Waals surface area contributed by atoms with Crippen LogP contribution in [0.25, 0.3) is 0 Å². The van der Waals surface area contributed by atoms with Gasteiger partial charge in [-0.15, -0.1) is 0 Å². The number of imide groups is 1. The van der Waals surface area contributed by atoms with Crippen molar-refractivity contribution in [3.8, 4) is 5.75 Å². The first kappa shape index (κ1) is 20.6. The summed E-state index contributed by atoms with van der Waals surface area (Å²) in [6, 6.07) is 23.4. The van der Waals surface area contributed by atoms with Crippen LogP contribution in [0, 0.1) is 0 Å². The van der Waals surface area contributed by atoms with Gasteiger partial charge in [0.25, 0.3) is 17.7 Å². The first-order chi connectivity index (χ1) is 16.1. The minimum absolute atomic E-state index is 0.317. The molecule has 0 radical (unpaired) electrons. The number of rotatable bonds is 5. The Morgan fingerprint density at radius 3 is 2.12 bits per heavy atom. The molecule has 0 N–H and O–H groups in total. The zero-order valence-electron chi connectivity index (χ0n) is 18.0. The molecule has 3 aromatic carbocycles. The van der Waals surface area contributed by atoms with Crippen molar-refractivity contribution in [2.24, 2.45) is 5.10 Å². The van der Waals surface area contributed by atoms with Crippen LogP contribution in [-0.2, 0) is 4.79 Å². The lowest BCUT2D eigenvalue weighted by Crippen LogP contribution is -2.41. The number of amides is 3. The van der Waals surface area contributed by atoms with Gasteiger partial charge < -0.3 is 4.74 Å². The zero-order chi connectivity index (χ0) is 22.9. The van der Waals surface area contributed by atoms with Crippen molar-refractivity contribution in [1.29, 1.82) is 0 Å². The molecule has 0 aromatic heterocycles. The average molecular weight is 439 g/mol. The fourth-order valence-corrected chi connectivity index (χ4v) is 4.22. The molecule has 3 aromatic rings. The summed E-state index contributed by atoms with van der Waals surface area (Å²) in [4.78, 5) is 39.9. The molecule has 0 saturated heterocycles. The summed E-state index contributed by atoms with van der Waals surface area (Å²) in [5.41, 5.74) is 3.22. The quantitative estimate of drug-likeness (QED) is 0.569. The monoisotopic (exact) mass is 439 g/mol. The Balaban J connectivity index is 1.44. The highest BCUT2D eigenvalue weighted by Gasteiger charge is 2.40. The van der Waals surface area contributed by atoms with Gasteiger partial charge in [-0.1, -0.05) is 54.6 Å². The largest absolute Gasteiger partial charge is 0.497 e. The zero-order valence-corrected chi connectivity index (χ0v) is 18.0. The summed E-state index contributed by atoms with van der Waals surface area (Å²) < 4.78 is 5.25. The van der Waals surface area contributed by atoms with E-state index in [0.717, 1.165) is 21.7 Å². The molecule has 164 valence electrons. The van der Waals surface area contributed by atoms with E-state index < -0.39 is 17.7 Å². The molecule has 5 rings (SSSR count). The van der Waals surface area contributed by atoms with Crippen molar-refractivity contribution < 1.29 is 19.1 Å². The molecule has 7 heteroatoms. The third kappa shape index (κ3) is 3.67. The van der Waals surface area contributed by atoms with Gasteiger partial charge in [0, 0.05) is 6.42 Å². The van der Waals surface area contributed by atoms with E-state index in [1.807, 2.05) is 54.6 Å². The molecular formula is C26H21N3O4. The molecule has 0 aliphatic carbocycles. The van der Waals surface area contributed by atoms with Gasteiger partial charge in [-0.3, -0.25) is 19.3 Å². The second kappa shape index (κ2) is 8.35. The van der Waals surface area contributed by atoms with Gasteiger partial charge in [0.15, 0.2) is 0 Å². The Labute approximate surface area is 190 Å². The predicted molar refractivity (Wildman–Crippen MR) is 122 cm³/mol. The number of nitrogens with zero attached hydrogens (tertiary/aromatic N) is 3. The number of ether oxygens (including phenoxy) is 1. The fraction of sp³-hybridized carbons (Fsp3) is 0.154. The summed E-state index contributed by atoms with van der Waals surface area (Å²) >= 11 is 0. The first-order valence-electron chi connectivity index (χ1n) is 10.6. The van der Waals surface area contributed by atoms with E-state index in [1.165, 1.54) is 5.01 Å². The van der Waals surface area contributed by atoms with Crippen LogP contribution in [0.3, 0.4) is 0 Å². The number of hydrogen-bond acceptors (Lipinski definition) is 5. The van der Waals surface area contributed by atoms with E-state index in [0.29, 0.717) is 23.3 Å². The Kier molecular flexibility index (Phi) is 5.22. The van der Waals surface area contributed by atoms with Gasteiger partial charge in [-0.25, -0.2) is 5.01 Å². The van der Waals surface area contributed by atoms with Crippen LogP contribution in [0.4, 0.5) is 0 Å². The molecular weight excluding hydrogens is 418 g/mol. The summed E-state index contributed by atoms with van der Waals surface area (Å²) in [5, 5.41) is 6.02. The van der Waals surface area contributed by atoms with Crippen molar-refractivity contribution >= 4 is 23.4 Å². The topological polar surface area (TPSA) is 79.3 Å². The van der Waals surface area contributed by atoms with Crippen LogP contribution >= 0.6 is 0 Å². The lowest BCUT2D eigenvalue weighted by Gasteiger charge is -2.24. The number of hydrogen-bond donors (Lipinski definition) is 0. The molecule has 3 amide bonds. The molecule has 0 spiro atoms. The Bertz CT molecular complexity index is 1230. The van der Waals surface area contributed by atoms with Crippen LogP contribution in [0.1, 0.15) is 44.3 Å². The summed E-state index contributed by atoms with van der Waals surface area (Å²) in [6.07, 6.45) is 0.518. The molecule has 0 fully saturated rings. The third-order valence-corrected chi connectivity index (χ3v) is 5.95. The Hall–Kier alpha value is -4.26. The highest BCUT2D eigenvalue weighted by atomic mass is 16.5. The molecule has 1 atom stereocenters. The van der Waals surface area contributed by atoms with Crippen LogP contribution < -0.4 is 4.74 Å². The number of hydrazone groups is 1. The highest BCUT2D eigenvalue weighted by molar-refractivity contribution is 6.22. The van der Waals surface area contributed by atoms with Gasteiger partial charge >= 0.3 is 0 Å². The van der Waals surface area contributed by atoms with Gasteiger partial charge in [0.2, 0.25) is 0 Å². The number of carbonyl (C=O) groups excluding carboxylic acids is 3. The third-order valence-electron chi connectivity index (χ3n) is 5.95. The Morgan fingerprint density at radius 1 is 0.909 bits per heavy atom. The van der Waals surface area contributed by atoms with E-state index in [4.69, 9.17) is 4.74 Å². The minimum Gasteiger partial charge on any atom is -0.497 e. The Morgan fingerprint density at radius 2 is 1.52 bits per heavy atom. The smallest absolute Gasteiger partial charge is 0.263 e. The van der Waals surface area contributed by atoms with Crippen LogP contribution in [0.5, 0.6) is 5.75 Å². The summed E-state index contributed by atoms with van der Waals surface area (Å²) in [7, 11) is 1.60. The van der Waals surface area contributed by atoms with Gasteiger partial charge in [0.1, 0.15) is 12.3 Å². The van der Waals surface area contributed by atoms with E-state index in [2.05, 4.69) is 5.10 Å². The minimum atomic E-state index is -0.462. The SMILES string of the molecule is COc1ccc(C2CC(c3ccccc3)=NN2C(=O)CN2C(=O)c3ccccc3C2=O)cc1. The second-order valence-corrected chi connectivity index (χ2v) is 7.89. The molecule has 2 aliphatic heterocycles. The molecule has 2 aliphatic rings.